The van der Waals surface area contributed by atoms with Gasteiger partial charge in [0.2, 0.25) is 5.91 Å². The van der Waals surface area contributed by atoms with Crippen molar-refractivity contribution in [3.63, 3.8) is 0 Å². The maximum absolute atomic E-state index is 12.5. The predicted molar refractivity (Wildman–Crippen MR) is 146 cm³/mol. The van der Waals surface area contributed by atoms with Crippen LogP contribution < -0.4 is 20.9 Å². The summed E-state index contributed by atoms with van der Waals surface area (Å²) >= 11 is 0. The Morgan fingerprint density at radius 1 is 1.11 bits per heavy atom. The van der Waals surface area contributed by atoms with E-state index in [-0.39, 0.29) is 5.91 Å². The Kier molecular flexibility index (Phi) is 8.34. The Bertz CT molecular complexity index is 1020. The zero-order valence-corrected chi connectivity index (χ0v) is 21.9. The van der Waals surface area contributed by atoms with Gasteiger partial charge in [-0.2, -0.15) is 0 Å². The van der Waals surface area contributed by atoms with E-state index < -0.39 is 0 Å². The van der Waals surface area contributed by atoms with Crippen LogP contribution in [-0.2, 0) is 11.2 Å². The number of carbonyl (C=O) groups is 1. The number of anilines is 2. The molecule has 2 aliphatic rings. The van der Waals surface area contributed by atoms with Gasteiger partial charge in [-0.15, -0.1) is 0 Å². The SMILES string of the molecule is CCc1cc(N2CCC(NC)CC2)ccc1-c1cc(C(N)=O)c(C)c(N(CC)C2CCOCC2)c1. The number of amides is 1. The monoisotopic (exact) mass is 478 g/mol. The molecule has 2 fully saturated rings. The van der Waals surface area contributed by atoms with Gasteiger partial charge in [-0.3, -0.25) is 4.79 Å². The molecule has 2 aliphatic heterocycles. The third-order valence-electron chi connectivity index (χ3n) is 7.98. The molecule has 0 unspecified atom stereocenters. The molecule has 0 aromatic heterocycles. The maximum Gasteiger partial charge on any atom is 0.249 e. The van der Waals surface area contributed by atoms with Gasteiger partial charge in [0.25, 0.3) is 0 Å². The summed E-state index contributed by atoms with van der Waals surface area (Å²) in [6.45, 7) is 11.0. The molecule has 2 heterocycles. The molecule has 0 radical (unpaired) electrons. The van der Waals surface area contributed by atoms with Gasteiger partial charge in [0.05, 0.1) is 0 Å². The van der Waals surface area contributed by atoms with Crippen molar-refractivity contribution in [1.29, 1.82) is 0 Å². The van der Waals surface area contributed by atoms with Crippen molar-refractivity contribution in [2.24, 2.45) is 5.73 Å². The highest BCUT2D eigenvalue weighted by molar-refractivity contribution is 5.98. The first-order chi connectivity index (χ1) is 17.0. The van der Waals surface area contributed by atoms with Crippen LogP contribution in [0.1, 0.15) is 61.0 Å². The molecule has 2 saturated heterocycles. The molecule has 3 N–H and O–H groups in total. The van der Waals surface area contributed by atoms with E-state index in [2.05, 4.69) is 60.3 Å². The Labute approximate surface area is 210 Å². The standard InChI is InChI=1S/C29H42N4O2/c1-5-21-17-25(32-13-9-23(31-4)10-14-32)7-8-26(21)22-18-27(29(30)34)20(3)28(19-22)33(6-2)24-11-15-35-16-12-24/h7-8,17-19,23-24,31H,5-6,9-16H2,1-4H3,(H2,30,34). The molecule has 2 aromatic rings. The van der Waals surface area contributed by atoms with Gasteiger partial charge in [-0.25, -0.2) is 0 Å². The first-order valence-electron chi connectivity index (χ1n) is 13.3. The lowest BCUT2D eigenvalue weighted by Crippen LogP contribution is -2.41. The quantitative estimate of drug-likeness (QED) is 0.584. The molecule has 190 valence electrons. The van der Waals surface area contributed by atoms with Crippen molar-refractivity contribution < 1.29 is 9.53 Å². The smallest absolute Gasteiger partial charge is 0.249 e. The Hall–Kier alpha value is -2.57. The largest absolute Gasteiger partial charge is 0.381 e. The Morgan fingerprint density at radius 3 is 2.43 bits per heavy atom. The Morgan fingerprint density at radius 2 is 1.83 bits per heavy atom. The summed E-state index contributed by atoms with van der Waals surface area (Å²) in [7, 11) is 2.06. The predicted octanol–water partition coefficient (Wildman–Crippen LogP) is 4.52. The summed E-state index contributed by atoms with van der Waals surface area (Å²) in [6.07, 6.45) is 5.28. The van der Waals surface area contributed by atoms with Crippen molar-refractivity contribution in [3.05, 3.63) is 47.0 Å². The minimum absolute atomic E-state index is 0.365. The number of primary amides is 1. The topological polar surface area (TPSA) is 70.8 Å². The number of hydrogen-bond acceptors (Lipinski definition) is 5. The Balaban J connectivity index is 1.72. The molecule has 0 aliphatic carbocycles. The van der Waals surface area contributed by atoms with Crippen LogP contribution in [0.25, 0.3) is 11.1 Å². The number of aryl methyl sites for hydroxylation is 1. The summed E-state index contributed by atoms with van der Waals surface area (Å²) in [4.78, 5) is 17.4. The first kappa shape index (κ1) is 25.5. The highest BCUT2D eigenvalue weighted by Gasteiger charge is 2.25. The molecule has 35 heavy (non-hydrogen) atoms. The van der Waals surface area contributed by atoms with Crippen LogP contribution in [-0.4, -0.2) is 57.9 Å². The second kappa shape index (κ2) is 11.4. The summed E-state index contributed by atoms with van der Waals surface area (Å²) in [6, 6.07) is 12.1. The van der Waals surface area contributed by atoms with Crippen LogP contribution in [0.2, 0.25) is 0 Å². The first-order valence-corrected chi connectivity index (χ1v) is 13.3. The van der Waals surface area contributed by atoms with E-state index in [0.29, 0.717) is 17.6 Å². The number of benzene rings is 2. The molecule has 6 heteroatoms. The highest BCUT2D eigenvalue weighted by atomic mass is 16.5. The zero-order valence-electron chi connectivity index (χ0n) is 21.9. The van der Waals surface area contributed by atoms with Crippen LogP contribution in [0.5, 0.6) is 0 Å². The van der Waals surface area contributed by atoms with Crippen LogP contribution in [0.15, 0.2) is 30.3 Å². The van der Waals surface area contributed by atoms with Crippen molar-refractivity contribution in [1.82, 2.24) is 5.32 Å². The lowest BCUT2D eigenvalue weighted by Gasteiger charge is -2.37. The molecule has 1 amide bonds. The fourth-order valence-corrected chi connectivity index (χ4v) is 5.81. The molecular formula is C29H42N4O2. The minimum atomic E-state index is -0.365. The number of nitrogens with zero attached hydrogens (tertiary/aromatic N) is 2. The van der Waals surface area contributed by atoms with Gasteiger partial charge in [0, 0.05) is 61.9 Å². The van der Waals surface area contributed by atoms with Crippen molar-refractivity contribution in [2.75, 3.05) is 49.7 Å². The second-order valence-corrected chi connectivity index (χ2v) is 9.91. The number of hydrogen-bond donors (Lipinski definition) is 2. The van der Waals surface area contributed by atoms with E-state index in [0.717, 1.165) is 68.9 Å². The van der Waals surface area contributed by atoms with E-state index >= 15 is 0 Å². The average Bonchev–Trinajstić information content (AvgIpc) is 2.90. The van der Waals surface area contributed by atoms with Gasteiger partial charge >= 0.3 is 0 Å². The molecule has 0 atom stereocenters. The molecule has 0 bridgehead atoms. The second-order valence-electron chi connectivity index (χ2n) is 9.91. The van der Waals surface area contributed by atoms with E-state index in [1.807, 2.05) is 13.0 Å². The summed E-state index contributed by atoms with van der Waals surface area (Å²) < 4.78 is 5.61. The molecule has 2 aromatic carbocycles. The number of carbonyl (C=O) groups excluding carboxylic acids is 1. The van der Waals surface area contributed by atoms with E-state index in [9.17, 15) is 4.79 Å². The lowest BCUT2D eigenvalue weighted by molar-refractivity contribution is 0.0846. The molecule has 4 rings (SSSR count). The van der Waals surface area contributed by atoms with Gasteiger partial charge in [0.1, 0.15) is 0 Å². The number of piperidine rings is 1. The van der Waals surface area contributed by atoms with Gasteiger partial charge in [-0.1, -0.05) is 13.0 Å². The number of nitrogens with one attached hydrogen (secondary N) is 1. The number of rotatable bonds is 8. The number of nitrogens with two attached hydrogens (primary N) is 1. The van der Waals surface area contributed by atoms with Crippen LogP contribution >= 0.6 is 0 Å². The number of ether oxygens (including phenoxy) is 1. The fraction of sp³-hybridized carbons (Fsp3) is 0.552. The zero-order chi connectivity index (χ0) is 24.9. The van der Waals surface area contributed by atoms with Gasteiger partial charge in [0.15, 0.2) is 0 Å². The van der Waals surface area contributed by atoms with Crippen molar-refractivity contribution >= 4 is 17.3 Å². The third kappa shape index (κ3) is 5.49. The van der Waals surface area contributed by atoms with E-state index in [1.165, 1.54) is 29.7 Å². The van der Waals surface area contributed by atoms with Gasteiger partial charge < -0.3 is 25.6 Å². The van der Waals surface area contributed by atoms with E-state index in [4.69, 9.17) is 10.5 Å². The maximum atomic E-state index is 12.5. The summed E-state index contributed by atoms with van der Waals surface area (Å²) in [5, 5.41) is 3.42. The molecule has 6 nitrogen and oxygen atoms in total. The molecular weight excluding hydrogens is 436 g/mol. The minimum Gasteiger partial charge on any atom is -0.381 e. The van der Waals surface area contributed by atoms with Crippen molar-refractivity contribution in [2.45, 2.75) is 65.0 Å². The molecule has 0 spiro atoms. The van der Waals surface area contributed by atoms with Crippen LogP contribution in [0, 0.1) is 6.92 Å². The van der Waals surface area contributed by atoms with Crippen molar-refractivity contribution in [3.8, 4) is 11.1 Å². The molecule has 0 saturated carbocycles. The average molecular weight is 479 g/mol. The highest BCUT2D eigenvalue weighted by Crippen LogP contribution is 2.36. The fourth-order valence-electron chi connectivity index (χ4n) is 5.81. The normalized spacial score (nSPS) is 17.5. The van der Waals surface area contributed by atoms with E-state index in [1.54, 1.807) is 0 Å². The summed E-state index contributed by atoms with van der Waals surface area (Å²) in [5.41, 5.74) is 13.4. The van der Waals surface area contributed by atoms with Crippen LogP contribution in [0.3, 0.4) is 0 Å². The third-order valence-corrected chi connectivity index (χ3v) is 7.98. The van der Waals surface area contributed by atoms with Crippen LogP contribution in [0.4, 0.5) is 11.4 Å². The summed E-state index contributed by atoms with van der Waals surface area (Å²) in [5.74, 6) is -0.365. The van der Waals surface area contributed by atoms with Gasteiger partial charge in [-0.05, 0) is 99.5 Å². The lowest BCUT2D eigenvalue weighted by atomic mass is 9.92.